The molecular weight excluding hydrogens is 390 g/mol. The van der Waals surface area contributed by atoms with Gasteiger partial charge in [0.15, 0.2) is 5.11 Å². The monoisotopic (exact) mass is 413 g/mol. The first-order valence-corrected chi connectivity index (χ1v) is 9.30. The van der Waals surface area contributed by atoms with Crippen LogP contribution >= 0.6 is 12.2 Å². The molecule has 0 atom stereocenters. The Hall–Kier alpha value is -3.26. The zero-order valence-corrected chi connectivity index (χ0v) is 17.3. The highest BCUT2D eigenvalue weighted by molar-refractivity contribution is 7.80. The normalized spacial score (nSPS) is 10.0. The summed E-state index contributed by atoms with van der Waals surface area (Å²) in [5, 5.41) is 5.69. The number of ether oxygens (including phenoxy) is 1. The van der Waals surface area contributed by atoms with Gasteiger partial charge in [-0.25, -0.2) is 4.79 Å². The van der Waals surface area contributed by atoms with Gasteiger partial charge in [-0.05, 0) is 60.6 Å². The molecule has 0 saturated carbocycles. The summed E-state index contributed by atoms with van der Waals surface area (Å²) < 4.78 is 4.62. The molecule has 0 saturated heterocycles. The molecule has 0 aliphatic heterocycles. The van der Waals surface area contributed by atoms with Gasteiger partial charge in [0.1, 0.15) is 0 Å². The largest absolute Gasteiger partial charge is 0.465 e. The zero-order chi connectivity index (χ0) is 21.4. The highest BCUT2D eigenvalue weighted by atomic mass is 32.1. The number of amides is 2. The summed E-state index contributed by atoms with van der Waals surface area (Å²) in [5.41, 5.74) is 2.48. The first-order valence-electron chi connectivity index (χ1n) is 8.90. The number of carbonyl (C=O) groups is 3. The lowest BCUT2D eigenvalue weighted by Gasteiger charge is -2.11. The quantitative estimate of drug-likeness (QED) is 0.559. The molecule has 29 heavy (non-hydrogen) atoms. The number of nitrogens with zero attached hydrogens (tertiary/aromatic N) is 1. The van der Waals surface area contributed by atoms with E-state index in [0.717, 1.165) is 11.3 Å². The second kappa shape index (κ2) is 10.3. The van der Waals surface area contributed by atoms with Crippen molar-refractivity contribution in [3.63, 3.8) is 0 Å². The summed E-state index contributed by atoms with van der Waals surface area (Å²) in [5.74, 6) is -0.780. The Labute approximate surface area is 175 Å². The Kier molecular flexibility index (Phi) is 7.85. The van der Waals surface area contributed by atoms with Gasteiger partial charge in [0.25, 0.3) is 5.91 Å². The van der Waals surface area contributed by atoms with Crippen molar-refractivity contribution in [1.82, 2.24) is 10.2 Å². The number of hydrogen-bond donors (Lipinski definition) is 2. The van der Waals surface area contributed by atoms with Gasteiger partial charge >= 0.3 is 5.97 Å². The number of carbonyl (C=O) groups excluding carboxylic acids is 3. The van der Waals surface area contributed by atoms with Gasteiger partial charge in [-0.2, -0.15) is 0 Å². The second-order valence-electron chi connectivity index (χ2n) is 6.46. The molecule has 152 valence electrons. The maximum absolute atomic E-state index is 12.3. The number of aryl methyl sites for hydroxylation is 1. The number of methoxy groups -OCH3 is 1. The Bertz CT molecular complexity index is 893. The van der Waals surface area contributed by atoms with Crippen LogP contribution in [0.5, 0.6) is 0 Å². The van der Waals surface area contributed by atoms with Crippen LogP contribution in [0, 0.1) is 0 Å². The van der Waals surface area contributed by atoms with E-state index in [4.69, 9.17) is 12.2 Å². The summed E-state index contributed by atoms with van der Waals surface area (Å²) in [6, 6.07) is 13.5. The molecule has 0 aliphatic rings. The molecule has 0 aliphatic carbocycles. The Morgan fingerprint density at radius 2 is 1.55 bits per heavy atom. The predicted molar refractivity (Wildman–Crippen MR) is 115 cm³/mol. The fourth-order valence-corrected chi connectivity index (χ4v) is 2.65. The van der Waals surface area contributed by atoms with Gasteiger partial charge in [0.05, 0.1) is 12.7 Å². The smallest absolute Gasteiger partial charge is 0.337 e. The van der Waals surface area contributed by atoms with Crippen LogP contribution in [0.4, 0.5) is 5.69 Å². The van der Waals surface area contributed by atoms with Gasteiger partial charge < -0.3 is 15.0 Å². The van der Waals surface area contributed by atoms with Crippen molar-refractivity contribution in [2.45, 2.75) is 12.8 Å². The van der Waals surface area contributed by atoms with Crippen molar-refractivity contribution in [2.75, 3.05) is 26.5 Å². The average Bonchev–Trinajstić information content (AvgIpc) is 2.72. The van der Waals surface area contributed by atoms with Crippen molar-refractivity contribution in [3.8, 4) is 0 Å². The van der Waals surface area contributed by atoms with E-state index in [0.29, 0.717) is 24.0 Å². The van der Waals surface area contributed by atoms with Crippen LogP contribution in [0.2, 0.25) is 0 Å². The molecular formula is C21H23N3O4S. The average molecular weight is 413 g/mol. The lowest BCUT2D eigenvalue weighted by molar-refractivity contribution is -0.128. The third-order valence-electron chi connectivity index (χ3n) is 4.13. The topological polar surface area (TPSA) is 87.7 Å². The molecule has 2 aromatic carbocycles. The van der Waals surface area contributed by atoms with Crippen LogP contribution in [-0.4, -0.2) is 49.0 Å². The van der Waals surface area contributed by atoms with E-state index in [1.165, 1.54) is 31.4 Å². The van der Waals surface area contributed by atoms with E-state index in [1.807, 2.05) is 24.3 Å². The van der Waals surface area contributed by atoms with Gasteiger partial charge in [-0.1, -0.05) is 12.1 Å². The number of nitrogens with one attached hydrogen (secondary N) is 2. The molecule has 2 rings (SSSR count). The molecule has 2 aromatic rings. The standard InChI is InChI=1S/C21H23N3O4S/c1-24(2)18(25)13-6-14-4-11-17(12-5-14)22-21(29)23-19(26)15-7-9-16(10-8-15)20(27)28-3/h4-5,7-12H,6,13H2,1-3H3,(H2,22,23,26,29). The van der Waals surface area contributed by atoms with Gasteiger partial charge in [0.2, 0.25) is 5.91 Å². The Morgan fingerprint density at radius 3 is 2.10 bits per heavy atom. The molecule has 7 nitrogen and oxygen atoms in total. The molecule has 2 amide bonds. The number of anilines is 1. The summed E-state index contributed by atoms with van der Waals surface area (Å²) in [6.07, 6.45) is 1.10. The Balaban J connectivity index is 1.87. The number of hydrogen-bond acceptors (Lipinski definition) is 5. The van der Waals surface area contributed by atoms with Gasteiger partial charge in [-0.15, -0.1) is 0 Å². The number of rotatable bonds is 6. The predicted octanol–water partition coefficient (Wildman–Crippen LogP) is 2.62. The highest BCUT2D eigenvalue weighted by Gasteiger charge is 2.11. The summed E-state index contributed by atoms with van der Waals surface area (Å²) >= 11 is 5.18. The van der Waals surface area contributed by atoms with Crippen molar-refractivity contribution >= 4 is 40.8 Å². The fraction of sp³-hybridized carbons (Fsp3) is 0.238. The minimum atomic E-state index is -0.469. The minimum absolute atomic E-state index is 0.0794. The van der Waals surface area contributed by atoms with Gasteiger partial charge in [-0.3, -0.25) is 14.9 Å². The van der Waals surface area contributed by atoms with Crippen LogP contribution < -0.4 is 10.6 Å². The molecule has 0 spiro atoms. The fourth-order valence-electron chi connectivity index (χ4n) is 2.44. The molecule has 0 radical (unpaired) electrons. The van der Waals surface area contributed by atoms with E-state index in [-0.39, 0.29) is 11.0 Å². The molecule has 0 aromatic heterocycles. The molecule has 0 unspecified atom stereocenters. The maximum atomic E-state index is 12.3. The lowest BCUT2D eigenvalue weighted by atomic mass is 10.1. The van der Waals surface area contributed by atoms with Crippen LogP contribution in [0.25, 0.3) is 0 Å². The first kappa shape index (κ1) is 22.0. The van der Waals surface area contributed by atoms with Crippen LogP contribution in [0.1, 0.15) is 32.7 Å². The number of esters is 1. The molecule has 0 heterocycles. The zero-order valence-electron chi connectivity index (χ0n) is 16.5. The second-order valence-corrected chi connectivity index (χ2v) is 6.87. The molecule has 8 heteroatoms. The van der Waals surface area contributed by atoms with Crippen molar-refractivity contribution in [2.24, 2.45) is 0 Å². The van der Waals surface area contributed by atoms with Crippen molar-refractivity contribution < 1.29 is 19.1 Å². The van der Waals surface area contributed by atoms with E-state index >= 15 is 0 Å². The third-order valence-corrected chi connectivity index (χ3v) is 4.34. The SMILES string of the molecule is COC(=O)c1ccc(C(=O)NC(=S)Nc2ccc(CCC(=O)N(C)C)cc2)cc1. The van der Waals surface area contributed by atoms with E-state index in [2.05, 4.69) is 15.4 Å². The molecule has 2 N–H and O–H groups in total. The van der Waals surface area contributed by atoms with E-state index in [1.54, 1.807) is 19.0 Å². The molecule has 0 fully saturated rings. The maximum Gasteiger partial charge on any atom is 0.337 e. The van der Waals surface area contributed by atoms with Crippen LogP contribution in [0.3, 0.4) is 0 Å². The summed E-state index contributed by atoms with van der Waals surface area (Å²) in [4.78, 5) is 36.9. The summed E-state index contributed by atoms with van der Waals surface area (Å²) in [7, 11) is 4.76. The number of benzene rings is 2. The highest BCUT2D eigenvalue weighted by Crippen LogP contribution is 2.12. The Morgan fingerprint density at radius 1 is 0.966 bits per heavy atom. The van der Waals surface area contributed by atoms with E-state index < -0.39 is 11.9 Å². The van der Waals surface area contributed by atoms with Gasteiger partial charge in [0, 0.05) is 31.8 Å². The van der Waals surface area contributed by atoms with Crippen LogP contribution in [0.15, 0.2) is 48.5 Å². The summed E-state index contributed by atoms with van der Waals surface area (Å²) in [6.45, 7) is 0. The van der Waals surface area contributed by atoms with Crippen LogP contribution in [-0.2, 0) is 16.0 Å². The van der Waals surface area contributed by atoms with Crippen molar-refractivity contribution in [1.29, 1.82) is 0 Å². The number of thiocarbonyl (C=S) groups is 1. The minimum Gasteiger partial charge on any atom is -0.465 e. The van der Waals surface area contributed by atoms with E-state index in [9.17, 15) is 14.4 Å². The first-order chi connectivity index (χ1) is 13.8. The molecule has 0 bridgehead atoms. The van der Waals surface area contributed by atoms with Crippen molar-refractivity contribution in [3.05, 3.63) is 65.2 Å². The lowest BCUT2D eigenvalue weighted by Crippen LogP contribution is -2.34. The third kappa shape index (κ3) is 6.69.